The number of para-hydroxylation sites is 1. The molecule has 20 heavy (non-hydrogen) atoms. The number of nitrogens with zero attached hydrogens (tertiary/aromatic N) is 2. The van der Waals surface area contributed by atoms with Crippen molar-refractivity contribution >= 4 is 11.6 Å². The summed E-state index contributed by atoms with van der Waals surface area (Å²) in [6.45, 7) is 5.25. The highest BCUT2D eigenvalue weighted by Gasteiger charge is 2.16. The average Bonchev–Trinajstić information content (AvgIpc) is 2.47. The molecular weight excluding hydrogens is 250 g/mol. The van der Waals surface area contributed by atoms with Crippen LogP contribution in [0.15, 0.2) is 24.3 Å². The van der Waals surface area contributed by atoms with Gasteiger partial charge < -0.3 is 10.2 Å². The molecule has 1 aromatic rings. The first-order valence-corrected chi connectivity index (χ1v) is 7.20. The van der Waals surface area contributed by atoms with Crippen molar-refractivity contribution in [2.75, 3.05) is 25.0 Å². The van der Waals surface area contributed by atoms with Crippen molar-refractivity contribution in [1.29, 1.82) is 5.26 Å². The molecule has 0 unspecified atom stereocenters. The van der Waals surface area contributed by atoms with Gasteiger partial charge in [0.25, 0.3) is 0 Å². The number of benzene rings is 1. The highest BCUT2D eigenvalue weighted by Crippen LogP contribution is 2.17. The van der Waals surface area contributed by atoms with Gasteiger partial charge in [0.2, 0.25) is 5.91 Å². The van der Waals surface area contributed by atoms with Crippen molar-refractivity contribution in [2.24, 2.45) is 5.92 Å². The van der Waals surface area contributed by atoms with Gasteiger partial charge in [0.05, 0.1) is 11.3 Å². The fraction of sp³-hybridized carbons (Fsp3) is 0.500. The molecule has 0 aromatic heterocycles. The Morgan fingerprint density at radius 3 is 2.80 bits per heavy atom. The van der Waals surface area contributed by atoms with Crippen LogP contribution in [0.3, 0.4) is 0 Å². The molecule has 1 aliphatic heterocycles. The Morgan fingerprint density at radius 2 is 2.10 bits per heavy atom. The predicted molar refractivity (Wildman–Crippen MR) is 79.2 cm³/mol. The minimum Gasteiger partial charge on any atom is -0.325 e. The highest BCUT2D eigenvalue weighted by atomic mass is 16.1. The van der Waals surface area contributed by atoms with E-state index in [1.54, 1.807) is 18.2 Å². The third-order valence-electron chi connectivity index (χ3n) is 3.85. The van der Waals surface area contributed by atoms with Gasteiger partial charge in [0.1, 0.15) is 6.07 Å². The third kappa shape index (κ3) is 4.07. The Labute approximate surface area is 120 Å². The molecule has 1 aromatic carbocycles. The Morgan fingerprint density at radius 1 is 1.40 bits per heavy atom. The molecule has 4 nitrogen and oxygen atoms in total. The van der Waals surface area contributed by atoms with E-state index in [0.717, 1.165) is 25.6 Å². The van der Waals surface area contributed by atoms with Crippen LogP contribution in [0.25, 0.3) is 0 Å². The molecule has 0 spiro atoms. The Kier molecular flexibility index (Phi) is 5.14. The minimum absolute atomic E-state index is 0.0219. The minimum atomic E-state index is -0.0219. The number of amides is 1. The Bertz CT molecular complexity index is 499. The van der Waals surface area contributed by atoms with Crippen LogP contribution in [0.4, 0.5) is 5.69 Å². The summed E-state index contributed by atoms with van der Waals surface area (Å²) in [5.41, 5.74) is 1.11. The van der Waals surface area contributed by atoms with Crippen molar-refractivity contribution < 1.29 is 4.79 Å². The van der Waals surface area contributed by atoms with Gasteiger partial charge in [0, 0.05) is 13.0 Å². The van der Waals surface area contributed by atoms with E-state index in [4.69, 9.17) is 5.26 Å². The fourth-order valence-corrected chi connectivity index (χ4v) is 2.45. The number of nitriles is 1. The number of carbonyl (C=O) groups excluding carboxylic acids is 1. The van der Waals surface area contributed by atoms with Crippen LogP contribution in [-0.2, 0) is 4.79 Å². The molecule has 1 N–H and O–H groups in total. The molecule has 0 atom stereocenters. The van der Waals surface area contributed by atoms with Gasteiger partial charge in [-0.2, -0.15) is 5.26 Å². The molecule has 106 valence electrons. The van der Waals surface area contributed by atoms with Crippen LogP contribution in [0.1, 0.15) is 31.7 Å². The molecule has 0 bridgehead atoms. The zero-order valence-corrected chi connectivity index (χ0v) is 11.9. The molecule has 1 saturated heterocycles. The van der Waals surface area contributed by atoms with Crippen LogP contribution >= 0.6 is 0 Å². The maximum atomic E-state index is 11.9. The first-order chi connectivity index (χ1) is 9.69. The van der Waals surface area contributed by atoms with E-state index >= 15 is 0 Å². The van der Waals surface area contributed by atoms with Crippen molar-refractivity contribution in [3.63, 3.8) is 0 Å². The van der Waals surface area contributed by atoms with Gasteiger partial charge in [-0.15, -0.1) is 0 Å². The summed E-state index contributed by atoms with van der Waals surface area (Å²) in [7, 11) is 0. The van der Waals surface area contributed by atoms with Gasteiger partial charge in [0.15, 0.2) is 0 Å². The van der Waals surface area contributed by atoms with Gasteiger partial charge in [-0.1, -0.05) is 19.1 Å². The number of rotatable bonds is 4. The molecule has 2 rings (SSSR count). The summed E-state index contributed by atoms with van der Waals surface area (Å²) in [6, 6.07) is 9.18. The molecule has 1 amide bonds. The van der Waals surface area contributed by atoms with E-state index in [1.165, 1.54) is 12.8 Å². The molecule has 4 heteroatoms. The van der Waals surface area contributed by atoms with Crippen molar-refractivity contribution in [1.82, 2.24) is 4.90 Å². The number of hydrogen-bond acceptors (Lipinski definition) is 3. The molecule has 1 aliphatic rings. The van der Waals surface area contributed by atoms with Crippen LogP contribution < -0.4 is 5.32 Å². The SMILES string of the molecule is CC1CCN(CCC(=O)Nc2ccccc2C#N)CC1. The van der Waals surface area contributed by atoms with E-state index in [9.17, 15) is 4.79 Å². The van der Waals surface area contributed by atoms with Crippen molar-refractivity contribution in [3.8, 4) is 6.07 Å². The Balaban J connectivity index is 1.80. The maximum absolute atomic E-state index is 11.9. The summed E-state index contributed by atoms with van der Waals surface area (Å²) >= 11 is 0. The van der Waals surface area contributed by atoms with Crippen LogP contribution in [0, 0.1) is 17.2 Å². The fourth-order valence-electron chi connectivity index (χ4n) is 2.45. The van der Waals surface area contributed by atoms with Crippen LogP contribution in [-0.4, -0.2) is 30.4 Å². The van der Waals surface area contributed by atoms with E-state index in [2.05, 4.69) is 23.2 Å². The average molecular weight is 271 g/mol. The lowest BCUT2D eigenvalue weighted by Gasteiger charge is -2.29. The second-order valence-corrected chi connectivity index (χ2v) is 5.48. The largest absolute Gasteiger partial charge is 0.325 e. The lowest BCUT2D eigenvalue weighted by atomic mass is 9.99. The van der Waals surface area contributed by atoms with Crippen molar-refractivity contribution in [3.05, 3.63) is 29.8 Å². The number of piperidine rings is 1. The zero-order chi connectivity index (χ0) is 14.4. The first kappa shape index (κ1) is 14.5. The van der Waals surface area contributed by atoms with E-state index in [-0.39, 0.29) is 5.91 Å². The summed E-state index contributed by atoms with van der Waals surface area (Å²) in [4.78, 5) is 14.3. The monoisotopic (exact) mass is 271 g/mol. The highest BCUT2D eigenvalue weighted by molar-refractivity contribution is 5.92. The number of likely N-dealkylation sites (tertiary alicyclic amines) is 1. The maximum Gasteiger partial charge on any atom is 0.225 e. The quantitative estimate of drug-likeness (QED) is 0.915. The standard InChI is InChI=1S/C16H21N3O/c1-13-6-9-19(10-7-13)11-8-16(20)18-15-5-3-2-4-14(15)12-17/h2-5,13H,6-11H2,1H3,(H,18,20). The van der Waals surface area contributed by atoms with Crippen LogP contribution in [0.5, 0.6) is 0 Å². The summed E-state index contributed by atoms with van der Waals surface area (Å²) in [6.07, 6.45) is 2.92. The lowest BCUT2D eigenvalue weighted by molar-refractivity contribution is -0.116. The summed E-state index contributed by atoms with van der Waals surface area (Å²) < 4.78 is 0. The molecule has 0 saturated carbocycles. The van der Waals surface area contributed by atoms with E-state index in [1.807, 2.05) is 6.07 Å². The third-order valence-corrected chi connectivity index (χ3v) is 3.85. The smallest absolute Gasteiger partial charge is 0.225 e. The van der Waals surface area contributed by atoms with Gasteiger partial charge in [-0.3, -0.25) is 4.79 Å². The lowest BCUT2D eigenvalue weighted by Crippen LogP contribution is -2.35. The van der Waals surface area contributed by atoms with E-state index in [0.29, 0.717) is 17.7 Å². The zero-order valence-electron chi connectivity index (χ0n) is 11.9. The van der Waals surface area contributed by atoms with Gasteiger partial charge in [-0.25, -0.2) is 0 Å². The molecule has 0 radical (unpaired) electrons. The number of nitrogens with one attached hydrogen (secondary N) is 1. The van der Waals surface area contributed by atoms with Crippen LogP contribution in [0.2, 0.25) is 0 Å². The number of hydrogen-bond donors (Lipinski definition) is 1. The summed E-state index contributed by atoms with van der Waals surface area (Å²) in [5.74, 6) is 0.786. The van der Waals surface area contributed by atoms with Crippen molar-refractivity contribution in [2.45, 2.75) is 26.2 Å². The topological polar surface area (TPSA) is 56.1 Å². The second-order valence-electron chi connectivity index (χ2n) is 5.48. The molecular formula is C16H21N3O. The van der Waals surface area contributed by atoms with E-state index < -0.39 is 0 Å². The summed E-state index contributed by atoms with van der Waals surface area (Å²) in [5, 5.41) is 11.8. The van der Waals surface area contributed by atoms with Gasteiger partial charge in [-0.05, 0) is 44.0 Å². The number of carbonyl (C=O) groups is 1. The Hall–Kier alpha value is -1.86. The first-order valence-electron chi connectivity index (χ1n) is 7.20. The molecule has 1 fully saturated rings. The van der Waals surface area contributed by atoms with Gasteiger partial charge >= 0.3 is 0 Å². The molecule has 0 aliphatic carbocycles. The normalized spacial score (nSPS) is 16.6. The molecule has 1 heterocycles. The predicted octanol–water partition coefficient (Wildman–Crippen LogP) is 2.62. The number of anilines is 1. The second kappa shape index (κ2) is 7.06.